The Kier molecular flexibility index (Phi) is 15.5. The van der Waals surface area contributed by atoms with Gasteiger partial charge in [0.05, 0.1) is 19.8 Å². The van der Waals surface area contributed by atoms with Crippen LogP contribution in [0.15, 0.2) is 27.7 Å². The van der Waals surface area contributed by atoms with Crippen molar-refractivity contribution >= 4 is 45.9 Å². The lowest BCUT2D eigenvalue weighted by atomic mass is 10.2. The molecule has 0 unspecified atom stereocenters. The minimum Gasteiger partial charge on any atom is -0.379 e. The highest BCUT2D eigenvalue weighted by molar-refractivity contribution is 14.0. The average Bonchev–Trinajstić information content (AvgIpc) is 2.58. The molecule has 25 heavy (non-hydrogen) atoms. The summed E-state index contributed by atoms with van der Waals surface area (Å²) >= 11 is 3.34. The molecular formula is C17H28BrFIN3O2. The van der Waals surface area contributed by atoms with E-state index in [4.69, 9.17) is 9.47 Å². The minimum atomic E-state index is -0.243. The van der Waals surface area contributed by atoms with Crippen LogP contribution >= 0.6 is 39.9 Å². The van der Waals surface area contributed by atoms with Gasteiger partial charge in [0.1, 0.15) is 5.82 Å². The number of aliphatic imine (C=N–C) groups is 1. The summed E-state index contributed by atoms with van der Waals surface area (Å²) in [6.45, 7) is 5.67. The summed E-state index contributed by atoms with van der Waals surface area (Å²) in [7, 11) is 1.68. The fourth-order valence-corrected chi connectivity index (χ4v) is 2.30. The molecule has 0 radical (unpaired) electrons. The molecule has 0 saturated heterocycles. The van der Waals surface area contributed by atoms with E-state index in [1.165, 1.54) is 6.07 Å². The number of ether oxygens (including phenoxy) is 2. The summed E-state index contributed by atoms with van der Waals surface area (Å²) in [5.41, 5.74) is 0.577. The molecule has 0 aliphatic heterocycles. The van der Waals surface area contributed by atoms with E-state index in [2.05, 4.69) is 38.5 Å². The smallest absolute Gasteiger partial charge is 0.191 e. The van der Waals surface area contributed by atoms with Gasteiger partial charge in [0.25, 0.3) is 0 Å². The predicted octanol–water partition coefficient (Wildman–Crippen LogP) is 3.70. The van der Waals surface area contributed by atoms with Crippen LogP contribution in [-0.2, 0) is 16.0 Å². The normalized spacial score (nSPS) is 11.1. The highest BCUT2D eigenvalue weighted by atomic mass is 127. The molecule has 0 aromatic heterocycles. The average molecular weight is 532 g/mol. The van der Waals surface area contributed by atoms with Crippen molar-refractivity contribution in [3.63, 3.8) is 0 Å². The second-order valence-corrected chi connectivity index (χ2v) is 6.08. The molecule has 0 saturated carbocycles. The van der Waals surface area contributed by atoms with Crippen LogP contribution in [0.3, 0.4) is 0 Å². The van der Waals surface area contributed by atoms with E-state index in [1.807, 2.05) is 0 Å². The van der Waals surface area contributed by atoms with Gasteiger partial charge >= 0.3 is 0 Å². The number of hydrogen-bond donors (Lipinski definition) is 2. The van der Waals surface area contributed by atoms with Crippen molar-refractivity contribution in [1.82, 2.24) is 10.6 Å². The highest BCUT2D eigenvalue weighted by Crippen LogP contribution is 2.15. The second kappa shape index (κ2) is 15.8. The number of benzene rings is 1. The molecule has 0 spiro atoms. The van der Waals surface area contributed by atoms with E-state index in [-0.39, 0.29) is 29.8 Å². The lowest BCUT2D eigenvalue weighted by Crippen LogP contribution is -2.38. The molecule has 0 aliphatic carbocycles. The molecule has 0 amide bonds. The fraction of sp³-hybridized carbons (Fsp3) is 0.588. The van der Waals surface area contributed by atoms with E-state index >= 15 is 0 Å². The van der Waals surface area contributed by atoms with E-state index in [0.717, 1.165) is 23.9 Å². The third-order valence-corrected chi connectivity index (χ3v) is 3.72. The fourth-order valence-electron chi connectivity index (χ4n) is 1.89. The van der Waals surface area contributed by atoms with Crippen molar-refractivity contribution in [2.45, 2.75) is 26.3 Å². The zero-order valence-electron chi connectivity index (χ0n) is 14.8. The van der Waals surface area contributed by atoms with Gasteiger partial charge in [0.15, 0.2) is 5.96 Å². The minimum absolute atomic E-state index is 0. The first-order valence-corrected chi connectivity index (χ1v) is 9.00. The Morgan fingerprint density at radius 2 is 1.88 bits per heavy atom. The Balaban J connectivity index is 0.00000576. The van der Waals surface area contributed by atoms with E-state index in [1.54, 1.807) is 19.2 Å². The number of hydrogen-bond acceptors (Lipinski definition) is 3. The van der Waals surface area contributed by atoms with Gasteiger partial charge in [0, 0.05) is 36.8 Å². The summed E-state index contributed by atoms with van der Waals surface area (Å²) in [4.78, 5) is 4.10. The predicted molar refractivity (Wildman–Crippen MR) is 114 cm³/mol. The first-order chi connectivity index (χ1) is 11.7. The maximum atomic E-state index is 13.7. The van der Waals surface area contributed by atoms with Crippen LogP contribution in [0.4, 0.5) is 4.39 Å². The summed E-state index contributed by atoms with van der Waals surface area (Å²) in [5.74, 6) is 0.365. The Labute approximate surface area is 175 Å². The van der Waals surface area contributed by atoms with Crippen molar-refractivity contribution < 1.29 is 13.9 Å². The summed E-state index contributed by atoms with van der Waals surface area (Å²) < 4.78 is 25.4. The molecular weight excluding hydrogens is 504 g/mol. The van der Waals surface area contributed by atoms with Gasteiger partial charge < -0.3 is 20.1 Å². The van der Waals surface area contributed by atoms with E-state index < -0.39 is 0 Å². The van der Waals surface area contributed by atoms with Gasteiger partial charge in [-0.2, -0.15) is 0 Å². The van der Waals surface area contributed by atoms with Crippen molar-refractivity contribution in [1.29, 1.82) is 0 Å². The van der Waals surface area contributed by atoms with Crippen LogP contribution in [0.1, 0.15) is 25.3 Å². The maximum absolute atomic E-state index is 13.7. The molecule has 1 aromatic rings. The van der Waals surface area contributed by atoms with Crippen LogP contribution in [-0.4, -0.2) is 46.0 Å². The number of unbranched alkanes of at least 4 members (excludes halogenated alkanes) is 1. The molecule has 2 N–H and O–H groups in total. The Hall–Kier alpha value is -0.450. The molecule has 0 heterocycles. The van der Waals surface area contributed by atoms with Gasteiger partial charge in [-0.25, -0.2) is 4.39 Å². The quantitative estimate of drug-likeness (QED) is 0.198. The van der Waals surface area contributed by atoms with E-state index in [0.29, 0.717) is 44.4 Å². The SMILES string of the molecule is CCCCOCCOCCNC(=NC)NCc1cc(Br)ccc1F.I. The number of nitrogens with one attached hydrogen (secondary N) is 2. The van der Waals surface area contributed by atoms with Gasteiger partial charge in [0.2, 0.25) is 0 Å². The zero-order valence-corrected chi connectivity index (χ0v) is 18.7. The second-order valence-electron chi connectivity index (χ2n) is 5.17. The van der Waals surface area contributed by atoms with Crippen molar-refractivity contribution in [2.24, 2.45) is 4.99 Å². The molecule has 1 rings (SSSR count). The molecule has 0 fully saturated rings. The number of rotatable bonds is 11. The number of halogens is 3. The van der Waals surface area contributed by atoms with Crippen LogP contribution in [0.5, 0.6) is 0 Å². The number of guanidine groups is 1. The van der Waals surface area contributed by atoms with Crippen molar-refractivity contribution in [3.05, 3.63) is 34.1 Å². The first-order valence-electron chi connectivity index (χ1n) is 8.21. The monoisotopic (exact) mass is 531 g/mol. The van der Waals surface area contributed by atoms with Crippen molar-refractivity contribution in [2.75, 3.05) is 40.0 Å². The molecule has 1 aromatic carbocycles. The van der Waals surface area contributed by atoms with Gasteiger partial charge in [-0.1, -0.05) is 29.3 Å². The Bertz CT molecular complexity index is 507. The maximum Gasteiger partial charge on any atom is 0.191 e. The largest absolute Gasteiger partial charge is 0.379 e. The van der Waals surface area contributed by atoms with Gasteiger partial charge in [-0.3, -0.25) is 4.99 Å². The topological polar surface area (TPSA) is 54.9 Å². The van der Waals surface area contributed by atoms with Gasteiger partial charge in [-0.05, 0) is 24.6 Å². The Morgan fingerprint density at radius 1 is 1.16 bits per heavy atom. The molecule has 8 heteroatoms. The van der Waals surface area contributed by atoms with Crippen LogP contribution in [0.25, 0.3) is 0 Å². The van der Waals surface area contributed by atoms with Crippen LogP contribution in [0, 0.1) is 5.82 Å². The third kappa shape index (κ3) is 11.7. The van der Waals surface area contributed by atoms with Crippen LogP contribution < -0.4 is 10.6 Å². The summed E-state index contributed by atoms with van der Waals surface area (Å²) in [5, 5.41) is 6.20. The first kappa shape index (κ1) is 24.6. The highest BCUT2D eigenvalue weighted by Gasteiger charge is 2.04. The molecule has 0 aliphatic rings. The number of nitrogens with zero attached hydrogens (tertiary/aromatic N) is 1. The summed E-state index contributed by atoms with van der Waals surface area (Å²) in [6.07, 6.45) is 2.23. The lowest BCUT2D eigenvalue weighted by molar-refractivity contribution is 0.0487. The Morgan fingerprint density at radius 3 is 2.56 bits per heavy atom. The molecule has 0 atom stereocenters. The summed E-state index contributed by atoms with van der Waals surface area (Å²) in [6, 6.07) is 4.86. The third-order valence-electron chi connectivity index (χ3n) is 3.23. The standard InChI is InChI=1S/C17H27BrFN3O2.HI/c1-3-4-8-23-10-11-24-9-7-21-17(20-2)22-13-14-12-15(18)5-6-16(14)19;/h5-6,12H,3-4,7-11,13H2,1-2H3,(H2,20,21,22);1H. The zero-order chi connectivity index (χ0) is 17.6. The molecule has 144 valence electrons. The van der Waals surface area contributed by atoms with E-state index in [9.17, 15) is 4.39 Å². The molecule has 5 nitrogen and oxygen atoms in total. The van der Waals surface area contributed by atoms with Gasteiger partial charge in [-0.15, -0.1) is 24.0 Å². The lowest BCUT2D eigenvalue weighted by Gasteiger charge is -2.13. The van der Waals surface area contributed by atoms with Crippen LogP contribution in [0.2, 0.25) is 0 Å². The van der Waals surface area contributed by atoms with Crippen molar-refractivity contribution in [3.8, 4) is 0 Å². The molecule has 0 bridgehead atoms.